The molecule has 1 aliphatic rings. The summed E-state index contributed by atoms with van der Waals surface area (Å²) in [5, 5.41) is 10.9. The molecule has 3 aromatic rings. The fourth-order valence-electron chi connectivity index (χ4n) is 3.27. The average molecular weight is 603 g/mol. The predicted octanol–water partition coefficient (Wildman–Crippen LogP) is 4.92. The zero-order valence-corrected chi connectivity index (χ0v) is 21.5. The molecule has 1 atom stereocenters. The first-order valence-electron chi connectivity index (χ1n) is 9.74. The van der Waals surface area contributed by atoms with Crippen LogP contribution in [0.4, 0.5) is 5.69 Å². The maximum absolute atomic E-state index is 13.2. The standard InChI is InChI=1S/C21H17Br2Cl2N5O2/c1-10(11-4-5-11)27-20(31)13-7-12(24)8-14(22)18(13)28-21(32)16-9-17(23)29-30(16)19-15(25)3-2-6-26-19/h2-3,6-11,25H,4-5H2,1H3,(H-,27,28,31,32)/p+1. The van der Waals surface area contributed by atoms with E-state index in [-0.39, 0.29) is 23.2 Å². The van der Waals surface area contributed by atoms with Gasteiger partial charge in [0.2, 0.25) is 5.82 Å². The molecule has 2 heterocycles. The third-order valence-electron chi connectivity index (χ3n) is 5.09. The van der Waals surface area contributed by atoms with Crippen LogP contribution in [0.2, 0.25) is 10.0 Å². The second-order valence-corrected chi connectivity index (χ2v) is 10.00. The highest BCUT2D eigenvalue weighted by atomic mass is 79.9. The van der Waals surface area contributed by atoms with Crippen LogP contribution in [0.3, 0.4) is 0 Å². The van der Waals surface area contributed by atoms with E-state index in [2.05, 4.69) is 52.6 Å². The quantitative estimate of drug-likeness (QED) is 0.419. The zero-order valence-electron chi connectivity index (χ0n) is 16.7. The van der Waals surface area contributed by atoms with Crippen LogP contribution in [0.1, 0.15) is 40.6 Å². The number of amides is 2. The Labute approximate surface area is 211 Å². The molecule has 1 aliphatic carbocycles. The highest BCUT2D eigenvalue weighted by Crippen LogP contribution is 2.34. The second-order valence-electron chi connectivity index (χ2n) is 7.45. The number of halogens is 4. The first-order valence-corrected chi connectivity index (χ1v) is 12.1. The molecular formula is C21H18Br2Cl2N5O2+. The number of nitrogens with zero attached hydrogens (tertiary/aromatic N) is 3. The van der Waals surface area contributed by atoms with Crippen LogP contribution in [0, 0.1) is 17.5 Å². The summed E-state index contributed by atoms with van der Waals surface area (Å²) in [6.45, 7) is 1.97. The van der Waals surface area contributed by atoms with Crippen molar-refractivity contribution in [1.82, 2.24) is 20.1 Å². The minimum Gasteiger partial charge on any atom is -0.349 e. The van der Waals surface area contributed by atoms with E-state index in [9.17, 15) is 9.59 Å². The molecule has 1 saturated carbocycles. The lowest BCUT2D eigenvalue weighted by Crippen LogP contribution is -2.34. The van der Waals surface area contributed by atoms with Gasteiger partial charge in [-0.25, -0.2) is 9.67 Å². The van der Waals surface area contributed by atoms with E-state index in [1.807, 2.05) is 6.92 Å². The lowest BCUT2D eigenvalue weighted by atomic mass is 10.1. The summed E-state index contributed by atoms with van der Waals surface area (Å²) in [6, 6.07) is 8.15. The minimum absolute atomic E-state index is 0.0378. The van der Waals surface area contributed by atoms with Crippen molar-refractivity contribution in [2.24, 2.45) is 5.92 Å². The molecule has 0 radical (unpaired) electrons. The van der Waals surface area contributed by atoms with Crippen molar-refractivity contribution in [3.63, 3.8) is 0 Å². The van der Waals surface area contributed by atoms with Crippen LogP contribution in [0.5, 0.6) is 0 Å². The van der Waals surface area contributed by atoms with Crippen molar-refractivity contribution in [2.75, 3.05) is 5.32 Å². The van der Waals surface area contributed by atoms with E-state index in [4.69, 9.17) is 23.2 Å². The molecule has 0 bridgehead atoms. The summed E-state index contributed by atoms with van der Waals surface area (Å²) >= 11 is 18.2. The Bertz CT molecular complexity index is 1210. The normalized spacial score (nSPS) is 14.2. The largest absolute Gasteiger partial charge is 0.349 e. The fraction of sp³-hybridized carbons (Fsp3) is 0.238. The highest BCUT2D eigenvalue weighted by molar-refractivity contribution is 9.10. The molecule has 166 valence electrons. The van der Waals surface area contributed by atoms with Gasteiger partial charge in [0.05, 0.1) is 11.3 Å². The van der Waals surface area contributed by atoms with Crippen molar-refractivity contribution in [2.45, 2.75) is 25.8 Å². The molecule has 1 aromatic carbocycles. The van der Waals surface area contributed by atoms with Gasteiger partial charge in [-0.15, -0.1) is 0 Å². The zero-order chi connectivity index (χ0) is 23.0. The molecule has 0 spiro atoms. The smallest absolute Gasteiger partial charge is 0.274 e. The molecule has 0 saturated heterocycles. The van der Waals surface area contributed by atoms with Crippen molar-refractivity contribution >= 4 is 61.0 Å². The van der Waals surface area contributed by atoms with Crippen LogP contribution < -0.4 is 10.6 Å². The number of aromatic nitrogens is 3. The van der Waals surface area contributed by atoms with Crippen LogP contribution in [-0.2, 0) is 0 Å². The predicted molar refractivity (Wildman–Crippen MR) is 126 cm³/mol. The second kappa shape index (κ2) is 9.51. The maximum atomic E-state index is 13.2. The van der Waals surface area contributed by atoms with Crippen LogP contribution in [0.15, 0.2) is 45.6 Å². The number of nitrogens with one attached hydrogen (secondary N) is 2. The SMILES string of the molecule is CC(NC(=O)c1cc(Cl)cc(Br)c1NC(=O)c1cc(Br)nn1-c1ncccc1[ClH+])C1CC1. The number of benzene rings is 1. The Hall–Kier alpha value is -1.94. The van der Waals surface area contributed by atoms with Gasteiger partial charge in [0.15, 0.2) is 11.6 Å². The number of hydrogen-bond acceptors (Lipinski definition) is 4. The summed E-state index contributed by atoms with van der Waals surface area (Å²) in [7, 11) is 0. The average Bonchev–Trinajstić information content (AvgIpc) is 3.52. The van der Waals surface area contributed by atoms with Gasteiger partial charge in [-0.3, -0.25) is 9.59 Å². The molecule has 2 amide bonds. The van der Waals surface area contributed by atoms with Crippen molar-refractivity contribution < 1.29 is 21.2 Å². The fourth-order valence-corrected chi connectivity index (χ4v) is 4.78. The van der Waals surface area contributed by atoms with Gasteiger partial charge in [0, 0.05) is 33.9 Å². The molecule has 4 rings (SSSR count). The van der Waals surface area contributed by atoms with E-state index in [0.717, 1.165) is 12.8 Å². The molecule has 2 aromatic heterocycles. The van der Waals surface area contributed by atoms with Crippen molar-refractivity contribution in [3.8, 4) is 5.82 Å². The summed E-state index contributed by atoms with van der Waals surface area (Å²) in [5.41, 5.74) is 0.766. The van der Waals surface area contributed by atoms with Gasteiger partial charge in [0.25, 0.3) is 16.8 Å². The summed E-state index contributed by atoms with van der Waals surface area (Å²) in [4.78, 5) is 30.5. The van der Waals surface area contributed by atoms with Gasteiger partial charge in [-0.2, -0.15) is 5.10 Å². The molecule has 7 nitrogen and oxygen atoms in total. The highest BCUT2D eigenvalue weighted by Gasteiger charge is 2.30. The number of carbonyl (C=O) groups is 2. The molecular weight excluding hydrogens is 585 g/mol. The molecule has 32 heavy (non-hydrogen) atoms. The van der Waals surface area contributed by atoms with E-state index < -0.39 is 5.91 Å². The molecule has 0 aliphatic heterocycles. The van der Waals surface area contributed by atoms with Gasteiger partial charge in [0.1, 0.15) is 10.3 Å². The van der Waals surface area contributed by atoms with E-state index in [1.54, 1.807) is 30.5 Å². The van der Waals surface area contributed by atoms with Gasteiger partial charge in [-0.05, 0) is 75.7 Å². The monoisotopic (exact) mass is 600 g/mol. The van der Waals surface area contributed by atoms with Crippen LogP contribution in [-0.4, -0.2) is 32.6 Å². The lowest BCUT2D eigenvalue weighted by molar-refractivity contribution is -0.289. The summed E-state index contributed by atoms with van der Waals surface area (Å²) in [5.74, 6) is 0.0350. The maximum Gasteiger partial charge on any atom is 0.274 e. The first-order chi connectivity index (χ1) is 15.2. The number of pyridine rings is 1. The molecule has 1 unspecified atom stereocenters. The Kier molecular flexibility index (Phi) is 6.90. The summed E-state index contributed by atoms with van der Waals surface area (Å²) < 4.78 is 2.28. The van der Waals surface area contributed by atoms with Crippen molar-refractivity contribution in [1.29, 1.82) is 0 Å². The van der Waals surface area contributed by atoms with Crippen LogP contribution in [0.25, 0.3) is 5.82 Å². The lowest BCUT2D eigenvalue weighted by Gasteiger charge is -2.17. The molecule has 11 heteroatoms. The number of hydrogen-bond donors (Lipinski definition) is 2. The molecule has 1 fully saturated rings. The number of anilines is 1. The number of rotatable bonds is 6. The Balaban J connectivity index is 1.67. The van der Waals surface area contributed by atoms with Gasteiger partial charge < -0.3 is 10.6 Å². The Morgan fingerprint density at radius 3 is 2.69 bits per heavy atom. The number of carbonyl (C=O) groups excluding carboxylic acids is 2. The topological polar surface area (TPSA) is 88.9 Å². The Morgan fingerprint density at radius 1 is 1.25 bits per heavy atom. The first kappa shape index (κ1) is 23.2. The van der Waals surface area contributed by atoms with Gasteiger partial charge in [-0.1, -0.05) is 11.6 Å². The third-order valence-corrected chi connectivity index (χ3v) is 6.64. The minimum atomic E-state index is -0.490. The third kappa shape index (κ3) is 5.01. The van der Waals surface area contributed by atoms with Crippen molar-refractivity contribution in [3.05, 3.63) is 66.9 Å². The summed E-state index contributed by atoms with van der Waals surface area (Å²) in [6.07, 6.45) is 3.77. The van der Waals surface area contributed by atoms with E-state index in [0.29, 0.717) is 36.5 Å². The van der Waals surface area contributed by atoms with E-state index in [1.165, 1.54) is 10.7 Å². The molecule has 2 N–H and O–H groups in total. The Morgan fingerprint density at radius 2 is 2.00 bits per heavy atom. The van der Waals surface area contributed by atoms with Gasteiger partial charge >= 0.3 is 0 Å². The van der Waals surface area contributed by atoms with E-state index >= 15 is 0 Å². The van der Waals surface area contributed by atoms with Crippen LogP contribution >= 0.6 is 43.5 Å².